The summed E-state index contributed by atoms with van der Waals surface area (Å²) in [6, 6.07) is 11.4. The van der Waals surface area contributed by atoms with Gasteiger partial charge in [-0.2, -0.15) is 0 Å². The summed E-state index contributed by atoms with van der Waals surface area (Å²) in [5.41, 5.74) is 0.757. The number of fused-ring (bicyclic) bond motifs is 1. The lowest BCUT2D eigenvalue weighted by Crippen LogP contribution is -2.09. The van der Waals surface area contributed by atoms with Crippen molar-refractivity contribution in [3.05, 3.63) is 68.7 Å². The van der Waals surface area contributed by atoms with E-state index in [1.54, 1.807) is 36.4 Å². The maximum Gasteiger partial charge on any atom is 0.200 e. The molecule has 106 valence electrons. The van der Waals surface area contributed by atoms with Crippen LogP contribution in [0.25, 0.3) is 22.1 Å². The van der Waals surface area contributed by atoms with E-state index >= 15 is 0 Å². The van der Waals surface area contributed by atoms with Crippen molar-refractivity contribution in [2.45, 2.75) is 5.33 Å². The zero-order valence-electron chi connectivity index (χ0n) is 10.7. The molecule has 0 spiro atoms. The highest BCUT2D eigenvalue weighted by Gasteiger charge is 2.18. The molecule has 0 radical (unpaired) electrons. The van der Waals surface area contributed by atoms with Gasteiger partial charge in [-0.3, -0.25) is 4.79 Å². The van der Waals surface area contributed by atoms with Crippen molar-refractivity contribution in [1.29, 1.82) is 0 Å². The van der Waals surface area contributed by atoms with E-state index < -0.39 is 5.82 Å². The van der Waals surface area contributed by atoms with E-state index in [0.717, 1.165) is 4.47 Å². The molecule has 0 amide bonds. The smallest absolute Gasteiger partial charge is 0.200 e. The van der Waals surface area contributed by atoms with Gasteiger partial charge >= 0.3 is 0 Å². The molecule has 2 nitrogen and oxygen atoms in total. The third-order valence-corrected chi connectivity index (χ3v) is 4.19. The molecule has 0 aliphatic heterocycles. The van der Waals surface area contributed by atoms with Gasteiger partial charge in [0.05, 0.1) is 16.3 Å². The van der Waals surface area contributed by atoms with Crippen LogP contribution in [0, 0.1) is 5.82 Å². The second kappa shape index (κ2) is 5.73. The van der Waals surface area contributed by atoms with Gasteiger partial charge in [0.25, 0.3) is 0 Å². The van der Waals surface area contributed by atoms with E-state index in [-0.39, 0.29) is 16.6 Å². The fourth-order valence-corrected chi connectivity index (χ4v) is 3.00. The predicted molar refractivity (Wildman–Crippen MR) is 88.2 cm³/mol. The molecule has 0 saturated heterocycles. The van der Waals surface area contributed by atoms with Gasteiger partial charge < -0.3 is 4.42 Å². The number of rotatable bonds is 2. The van der Waals surface area contributed by atoms with Gasteiger partial charge in [-0.25, -0.2) is 4.39 Å². The van der Waals surface area contributed by atoms with Crippen LogP contribution >= 0.6 is 31.9 Å². The zero-order valence-corrected chi connectivity index (χ0v) is 13.9. The summed E-state index contributed by atoms with van der Waals surface area (Å²) in [5.74, 6) is -0.0266. The quantitative estimate of drug-likeness (QED) is 0.538. The highest BCUT2D eigenvalue weighted by Crippen LogP contribution is 2.29. The van der Waals surface area contributed by atoms with Crippen LogP contribution in [0.4, 0.5) is 4.39 Å². The first kappa shape index (κ1) is 14.5. The van der Waals surface area contributed by atoms with E-state index in [2.05, 4.69) is 31.9 Å². The van der Waals surface area contributed by atoms with E-state index in [0.29, 0.717) is 22.1 Å². The fourth-order valence-electron chi connectivity index (χ4n) is 2.24. The van der Waals surface area contributed by atoms with Crippen molar-refractivity contribution in [2.75, 3.05) is 0 Å². The molecule has 0 aliphatic rings. The largest absolute Gasteiger partial charge is 0.459 e. The highest BCUT2D eigenvalue weighted by atomic mass is 79.9. The average molecular weight is 412 g/mol. The van der Waals surface area contributed by atoms with Crippen molar-refractivity contribution in [3.63, 3.8) is 0 Å². The first-order chi connectivity index (χ1) is 10.1. The van der Waals surface area contributed by atoms with Gasteiger partial charge in [-0.15, -0.1) is 0 Å². The van der Waals surface area contributed by atoms with Crippen molar-refractivity contribution in [3.8, 4) is 11.1 Å². The van der Waals surface area contributed by atoms with Gasteiger partial charge in [0.1, 0.15) is 17.2 Å². The van der Waals surface area contributed by atoms with Crippen molar-refractivity contribution in [1.82, 2.24) is 0 Å². The highest BCUT2D eigenvalue weighted by molar-refractivity contribution is 9.10. The molecule has 0 unspecified atom stereocenters. The third kappa shape index (κ3) is 2.56. The standard InChI is InChI=1S/C16H9Br2FO2/c17-8-14-15(10-3-1-2-4-12(10)19)16(20)11-7-9(18)5-6-13(11)21-14/h1-7H,8H2. The van der Waals surface area contributed by atoms with Gasteiger partial charge in [0.2, 0.25) is 5.43 Å². The van der Waals surface area contributed by atoms with Crippen LogP contribution in [0.3, 0.4) is 0 Å². The number of alkyl halides is 1. The van der Waals surface area contributed by atoms with Crippen molar-refractivity contribution < 1.29 is 8.81 Å². The molecule has 5 heteroatoms. The van der Waals surface area contributed by atoms with Crippen LogP contribution in [-0.4, -0.2) is 0 Å². The SMILES string of the molecule is O=c1c(-c2ccccc2F)c(CBr)oc2ccc(Br)cc12. The lowest BCUT2D eigenvalue weighted by atomic mass is 10.0. The summed E-state index contributed by atoms with van der Waals surface area (Å²) in [5, 5.41) is 0.755. The monoisotopic (exact) mass is 410 g/mol. The topological polar surface area (TPSA) is 30.2 Å². The van der Waals surface area contributed by atoms with Crippen molar-refractivity contribution in [2.24, 2.45) is 0 Å². The van der Waals surface area contributed by atoms with Crippen LogP contribution < -0.4 is 5.43 Å². The Balaban J connectivity index is 2.44. The first-order valence-corrected chi connectivity index (χ1v) is 8.09. The Morgan fingerprint density at radius 1 is 1.14 bits per heavy atom. The van der Waals surface area contributed by atoms with Crippen LogP contribution in [0.1, 0.15) is 5.76 Å². The van der Waals surface area contributed by atoms with E-state index in [9.17, 15) is 9.18 Å². The van der Waals surface area contributed by atoms with E-state index in [1.807, 2.05) is 0 Å². The summed E-state index contributed by atoms with van der Waals surface area (Å²) < 4.78 is 20.6. The molecule has 3 aromatic rings. The van der Waals surface area contributed by atoms with Crippen LogP contribution in [0.2, 0.25) is 0 Å². The maximum atomic E-state index is 14.0. The fraction of sp³-hybridized carbons (Fsp3) is 0.0625. The van der Waals surface area contributed by atoms with Gasteiger partial charge in [0, 0.05) is 10.0 Å². The molecule has 2 aromatic carbocycles. The lowest BCUT2D eigenvalue weighted by molar-refractivity contribution is 0.562. The molecule has 0 fully saturated rings. The minimum Gasteiger partial charge on any atom is -0.459 e. The van der Waals surface area contributed by atoms with Gasteiger partial charge in [-0.05, 0) is 24.3 Å². The molecule has 0 aliphatic carbocycles. The van der Waals surface area contributed by atoms with E-state index in [4.69, 9.17) is 4.42 Å². The van der Waals surface area contributed by atoms with Crippen LogP contribution in [-0.2, 0) is 5.33 Å². The molecule has 0 N–H and O–H groups in total. The van der Waals surface area contributed by atoms with Gasteiger partial charge in [0.15, 0.2) is 0 Å². The Morgan fingerprint density at radius 2 is 1.90 bits per heavy atom. The average Bonchev–Trinajstić information content (AvgIpc) is 2.49. The second-order valence-electron chi connectivity index (χ2n) is 4.48. The molecule has 0 atom stereocenters. The predicted octanol–water partition coefficient (Wildman–Crippen LogP) is 5.26. The van der Waals surface area contributed by atoms with E-state index in [1.165, 1.54) is 6.07 Å². The Hall–Kier alpha value is -1.46. The molecule has 1 aromatic heterocycles. The summed E-state index contributed by atoms with van der Waals surface area (Å²) in [6.07, 6.45) is 0. The normalized spacial score (nSPS) is 11.0. The third-order valence-electron chi connectivity index (χ3n) is 3.19. The summed E-state index contributed by atoms with van der Waals surface area (Å²) >= 11 is 6.63. The lowest BCUT2D eigenvalue weighted by Gasteiger charge is -2.09. The summed E-state index contributed by atoms with van der Waals surface area (Å²) in [6.45, 7) is 0. The Kier molecular flexibility index (Phi) is 3.95. The minimum atomic E-state index is -0.443. The molecule has 21 heavy (non-hydrogen) atoms. The molecule has 0 bridgehead atoms. The maximum absolute atomic E-state index is 14.0. The molecule has 1 heterocycles. The minimum absolute atomic E-state index is 0.239. The first-order valence-electron chi connectivity index (χ1n) is 6.18. The van der Waals surface area contributed by atoms with Crippen molar-refractivity contribution >= 4 is 42.8 Å². The molecular weight excluding hydrogens is 403 g/mol. The van der Waals surface area contributed by atoms with Gasteiger partial charge in [-0.1, -0.05) is 50.1 Å². The number of halogens is 3. The second-order valence-corrected chi connectivity index (χ2v) is 5.96. The number of benzene rings is 2. The number of hydrogen-bond donors (Lipinski definition) is 0. The Labute approximate surface area is 136 Å². The zero-order chi connectivity index (χ0) is 15.0. The Morgan fingerprint density at radius 3 is 2.62 bits per heavy atom. The molecule has 3 rings (SSSR count). The summed E-state index contributed by atoms with van der Waals surface area (Å²) in [4.78, 5) is 12.7. The summed E-state index contributed by atoms with van der Waals surface area (Å²) in [7, 11) is 0. The molecule has 0 saturated carbocycles. The van der Waals surface area contributed by atoms with Crippen LogP contribution in [0.15, 0.2) is 56.1 Å². The van der Waals surface area contributed by atoms with Crippen LogP contribution in [0.5, 0.6) is 0 Å². The number of hydrogen-bond acceptors (Lipinski definition) is 2. The molecular formula is C16H9Br2FO2. The Bertz CT molecular complexity index is 887.